The SMILES string of the molecule is Cc1ccccc1C(CBr)CBr. The number of halogens is 2. The van der Waals surface area contributed by atoms with Gasteiger partial charge in [0.1, 0.15) is 0 Å². The molecule has 1 rings (SSSR count). The highest BCUT2D eigenvalue weighted by atomic mass is 79.9. The third-order valence-corrected chi connectivity index (χ3v) is 3.56. The smallest absolute Gasteiger partial charge is 0.0108 e. The van der Waals surface area contributed by atoms with Crippen molar-refractivity contribution < 1.29 is 0 Å². The summed E-state index contributed by atoms with van der Waals surface area (Å²) in [4.78, 5) is 0. The number of alkyl halides is 2. The molecule has 0 fully saturated rings. The van der Waals surface area contributed by atoms with Crippen molar-refractivity contribution in [3.63, 3.8) is 0 Å². The highest BCUT2D eigenvalue weighted by Crippen LogP contribution is 2.23. The van der Waals surface area contributed by atoms with Crippen molar-refractivity contribution in [3.8, 4) is 0 Å². The summed E-state index contributed by atoms with van der Waals surface area (Å²) in [5.74, 6) is 0.589. The molecule has 0 bridgehead atoms. The van der Waals surface area contributed by atoms with Gasteiger partial charge in [-0.25, -0.2) is 0 Å². The van der Waals surface area contributed by atoms with Gasteiger partial charge >= 0.3 is 0 Å². The zero-order chi connectivity index (χ0) is 8.97. The second-order valence-electron chi connectivity index (χ2n) is 2.86. The monoisotopic (exact) mass is 290 g/mol. The van der Waals surface area contributed by atoms with Gasteiger partial charge < -0.3 is 0 Å². The molecule has 0 radical (unpaired) electrons. The predicted octanol–water partition coefficient (Wildman–Crippen LogP) is 3.87. The van der Waals surface area contributed by atoms with Crippen molar-refractivity contribution in [1.29, 1.82) is 0 Å². The molecule has 0 spiro atoms. The Balaban J connectivity index is 2.92. The van der Waals surface area contributed by atoms with Crippen LogP contribution in [0.25, 0.3) is 0 Å². The molecule has 0 atom stereocenters. The third-order valence-electron chi connectivity index (χ3n) is 2.00. The first kappa shape index (κ1) is 10.3. The molecular weight excluding hydrogens is 280 g/mol. The van der Waals surface area contributed by atoms with Gasteiger partial charge in [-0.3, -0.25) is 0 Å². The van der Waals surface area contributed by atoms with Crippen molar-refractivity contribution in [2.75, 3.05) is 10.7 Å². The van der Waals surface area contributed by atoms with Crippen molar-refractivity contribution in [2.45, 2.75) is 12.8 Å². The molecular formula is C10H12Br2. The Morgan fingerprint density at radius 1 is 1.17 bits per heavy atom. The van der Waals surface area contributed by atoms with E-state index < -0.39 is 0 Å². The van der Waals surface area contributed by atoms with Gasteiger partial charge in [0.2, 0.25) is 0 Å². The van der Waals surface area contributed by atoms with Gasteiger partial charge in [0.05, 0.1) is 0 Å². The molecule has 0 saturated heterocycles. The third kappa shape index (κ3) is 2.33. The Bertz CT molecular complexity index is 241. The van der Waals surface area contributed by atoms with E-state index in [9.17, 15) is 0 Å². The molecule has 0 amide bonds. The summed E-state index contributed by atoms with van der Waals surface area (Å²) in [5.41, 5.74) is 2.81. The standard InChI is InChI=1S/C10H12Br2/c1-8-4-2-3-5-10(8)9(6-11)7-12/h2-5,9H,6-7H2,1H3. The minimum atomic E-state index is 0.589. The molecule has 0 aromatic heterocycles. The van der Waals surface area contributed by atoms with E-state index in [0.29, 0.717) is 5.92 Å². The Morgan fingerprint density at radius 3 is 2.25 bits per heavy atom. The number of hydrogen-bond acceptors (Lipinski definition) is 0. The van der Waals surface area contributed by atoms with Crippen LogP contribution in [0.2, 0.25) is 0 Å². The van der Waals surface area contributed by atoms with Crippen LogP contribution in [0.1, 0.15) is 17.0 Å². The molecule has 0 nitrogen and oxygen atoms in total. The molecule has 0 unspecified atom stereocenters. The van der Waals surface area contributed by atoms with Crippen molar-refractivity contribution in [2.24, 2.45) is 0 Å². The fraction of sp³-hybridized carbons (Fsp3) is 0.400. The lowest BCUT2D eigenvalue weighted by Crippen LogP contribution is -2.03. The van der Waals surface area contributed by atoms with Gasteiger partial charge in [-0.15, -0.1) is 0 Å². The lowest BCUT2D eigenvalue weighted by molar-refractivity contribution is 0.898. The fourth-order valence-corrected chi connectivity index (χ4v) is 3.02. The topological polar surface area (TPSA) is 0 Å². The molecule has 12 heavy (non-hydrogen) atoms. The molecule has 2 heteroatoms. The largest absolute Gasteiger partial charge is 0.0921 e. The summed E-state index contributed by atoms with van der Waals surface area (Å²) in [6.45, 7) is 2.16. The zero-order valence-corrected chi connectivity index (χ0v) is 10.2. The van der Waals surface area contributed by atoms with Gasteiger partial charge in [0, 0.05) is 16.6 Å². The summed E-state index contributed by atoms with van der Waals surface area (Å²) in [5, 5.41) is 2.03. The number of rotatable bonds is 3. The quantitative estimate of drug-likeness (QED) is 0.742. The second kappa shape index (κ2) is 5.03. The van der Waals surface area contributed by atoms with Crippen LogP contribution in [0.15, 0.2) is 24.3 Å². The molecule has 1 aromatic carbocycles. The number of hydrogen-bond donors (Lipinski definition) is 0. The van der Waals surface area contributed by atoms with Gasteiger partial charge in [-0.2, -0.15) is 0 Å². The van der Waals surface area contributed by atoms with Crippen LogP contribution in [-0.4, -0.2) is 10.7 Å². The second-order valence-corrected chi connectivity index (χ2v) is 4.16. The fourth-order valence-electron chi connectivity index (χ4n) is 1.25. The van der Waals surface area contributed by atoms with E-state index in [1.807, 2.05) is 0 Å². The molecule has 0 N–H and O–H groups in total. The minimum Gasteiger partial charge on any atom is -0.0921 e. The summed E-state index contributed by atoms with van der Waals surface area (Å²) >= 11 is 7.03. The first-order valence-electron chi connectivity index (χ1n) is 3.97. The highest BCUT2D eigenvalue weighted by molar-refractivity contribution is 9.09. The van der Waals surface area contributed by atoms with E-state index in [2.05, 4.69) is 63.0 Å². The van der Waals surface area contributed by atoms with Crippen molar-refractivity contribution in [3.05, 3.63) is 35.4 Å². The normalized spacial score (nSPS) is 10.7. The van der Waals surface area contributed by atoms with E-state index in [1.165, 1.54) is 11.1 Å². The maximum atomic E-state index is 3.52. The van der Waals surface area contributed by atoms with Crippen molar-refractivity contribution >= 4 is 31.9 Å². The zero-order valence-electron chi connectivity index (χ0n) is 7.06. The molecule has 0 aliphatic rings. The van der Waals surface area contributed by atoms with Gasteiger partial charge in [0.15, 0.2) is 0 Å². The Hall–Kier alpha value is 0.180. The molecule has 0 saturated carbocycles. The molecule has 0 aliphatic carbocycles. The molecule has 0 heterocycles. The highest BCUT2D eigenvalue weighted by Gasteiger charge is 2.09. The van der Waals surface area contributed by atoms with E-state index in [1.54, 1.807) is 0 Å². The average molecular weight is 292 g/mol. The lowest BCUT2D eigenvalue weighted by Gasteiger charge is -2.13. The molecule has 66 valence electrons. The summed E-state index contributed by atoms with van der Waals surface area (Å²) in [6.07, 6.45) is 0. The van der Waals surface area contributed by atoms with Crippen LogP contribution in [-0.2, 0) is 0 Å². The Kier molecular flexibility index (Phi) is 4.30. The van der Waals surface area contributed by atoms with Crippen LogP contribution >= 0.6 is 31.9 Å². The molecule has 0 aliphatic heterocycles. The first-order valence-corrected chi connectivity index (χ1v) is 6.21. The van der Waals surface area contributed by atoms with E-state index >= 15 is 0 Å². The van der Waals surface area contributed by atoms with Crippen molar-refractivity contribution in [1.82, 2.24) is 0 Å². The van der Waals surface area contributed by atoms with Crippen LogP contribution in [0, 0.1) is 6.92 Å². The first-order chi connectivity index (χ1) is 5.79. The van der Waals surface area contributed by atoms with Gasteiger partial charge in [-0.1, -0.05) is 56.1 Å². The summed E-state index contributed by atoms with van der Waals surface area (Å²) in [7, 11) is 0. The lowest BCUT2D eigenvalue weighted by atomic mass is 9.98. The van der Waals surface area contributed by atoms with Crippen LogP contribution in [0.5, 0.6) is 0 Å². The Labute approximate surface area is 90.6 Å². The predicted molar refractivity (Wildman–Crippen MR) is 61.5 cm³/mol. The maximum absolute atomic E-state index is 3.52. The van der Waals surface area contributed by atoms with Crippen LogP contribution in [0.3, 0.4) is 0 Å². The average Bonchev–Trinajstić information content (AvgIpc) is 2.10. The van der Waals surface area contributed by atoms with Crippen LogP contribution in [0.4, 0.5) is 0 Å². The summed E-state index contributed by atoms with van der Waals surface area (Å²) < 4.78 is 0. The number of benzene rings is 1. The Morgan fingerprint density at radius 2 is 1.75 bits per heavy atom. The van der Waals surface area contributed by atoms with Gasteiger partial charge in [0.25, 0.3) is 0 Å². The van der Waals surface area contributed by atoms with E-state index in [4.69, 9.17) is 0 Å². The van der Waals surface area contributed by atoms with Crippen LogP contribution < -0.4 is 0 Å². The van der Waals surface area contributed by atoms with E-state index in [-0.39, 0.29) is 0 Å². The molecule has 1 aromatic rings. The maximum Gasteiger partial charge on any atom is 0.0108 e. The van der Waals surface area contributed by atoms with Gasteiger partial charge in [-0.05, 0) is 18.1 Å². The summed E-state index contributed by atoms with van der Waals surface area (Å²) in [6, 6.07) is 8.54. The minimum absolute atomic E-state index is 0.589. The van der Waals surface area contributed by atoms with E-state index in [0.717, 1.165) is 10.7 Å². The number of aryl methyl sites for hydroxylation is 1.